The van der Waals surface area contributed by atoms with Gasteiger partial charge in [0.2, 0.25) is 0 Å². The smallest absolute Gasteiger partial charge is 0.426 e. The van der Waals surface area contributed by atoms with Gasteiger partial charge in [-0.3, -0.25) is 20.2 Å². The Labute approximate surface area is 171 Å². The molecular weight excluding hydrogens is 456 g/mol. The van der Waals surface area contributed by atoms with Gasteiger partial charge in [0, 0.05) is 39.1 Å². The number of non-ortho nitro benzene ring substituents is 1. The van der Waals surface area contributed by atoms with Crippen LogP contribution in [0.3, 0.4) is 0 Å². The van der Waals surface area contributed by atoms with E-state index < -0.39 is 26.5 Å². The van der Waals surface area contributed by atoms with Crippen LogP contribution < -0.4 is 10.9 Å². The molecule has 0 spiro atoms. The molecule has 12 nitrogen and oxygen atoms in total. The van der Waals surface area contributed by atoms with Crippen LogP contribution in [0.15, 0.2) is 48.1 Å². The van der Waals surface area contributed by atoms with Gasteiger partial charge >= 0.3 is 12.2 Å². The van der Waals surface area contributed by atoms with Gasteiger partial charge < -0.3 is 9.47 Å². The number of nitrogens with zero attached hydrogens (tertiary/aromatic N) is 2. The molecule has 29 heavy (non-hydrogen) atoms. The second-order valence-electron chi connectivity index (χ2n) is 5.72. The maximum atomic E-state index is 11.6. The molecule has 1 aromatic rings. The van der Waals surface area contributed by atoms with Crippen molar-refractivity contribution in [3.8, 4) is 0 Å². The van der Waals surface area contributed by atoms with E-state index >= 15 is 0 Å². The van der Waals surface area contributed by atoms with Crippen LogP contribution in [0.25, 0.3) is 0 Å². The van der Waals surface area contributed by atoms with Crippen LogP contribution in [0.5, 0.6) is 0 Å². The number of carbonyl (C=O) groups excluding carboxylic acids is 2. The monoisotopic (exact) mass is 470 g/mol. The number of ether oxygens (including phenoxy) is 2. The summed E-state index contributed by atoms with van der Waals surface area (Å²) >= 11 is 3.01. The molecule has 1 aliphatic carbocycles. The van der Waals surface area contributed by atoms with Crippen LogP contribution in [0.2, 0.25) is 0 Å². The van der Waals surface area contributed by atoms with Gasteiger partial charge in [0.15, 0.2) is 0 Å². The summed E-state index contributed by atoms with van der Waals surface area (Å²) in [5.74, 6) is 0. The van der Waals surface area contributed by atoms with E-state index in [1.54, 1.807) is 6.08 Å². The van der Waals surface area contributed by atoms with Gasteiger partial charge in [-0.15, -0.1) is 0 Å². The zero-order valence-corrected chi connectivity index (χ0v) is 16.3. The van der Waals surface area contributed by atoms with Gasteiger partial charge in [-0.2, -0.15) is 0 Å². The summed E-state index contributed by atoms with van der Waals surface area (Å²) in [6, 6.07) is 5.40. The van der Waals surface area contributed by atoms with E-state index in [4.69, 9.17) is 9.47 Å². The molecule has 1 aromatic carbocycles. The molecule has 0 bridgehead atoms. The van der Waals surface area contributed by atoms with Crippen LogP contribution in [0.1, 0.15) is 12.0 Å². The number of rotatable bonds is 6. The minimum Gasteiger partial charge on any atom is -0.443 e. The molecule has 0 fully saturated rings. The van der Waals surface area contributed by atoms with Crippen molar-refractivity contribution in [2.24, 2.45) is 0 Å². The van der Waals surface area contributed by atoms with Gasteiger partial charge in [0.05, 0.1) is 11.3 Å². The molecule has 1 unspecified atom stereocenters. The first-order valence-electron chi connectivity index (χ1n) is 8.00. The summed E-state index contributed by atoms with van der Waals surface area (Å²) in [7, 11) is 0. The predicted molar refractivity (Wildman–Crippen MR) is 101 cm³/mol. The number of nitro benzene ring substituents is 1. The number of benzene rings is 1. The summed E-state index contributed by atoms with van der Waals surface area (Å²) in [6.45, 7) is -0.314. The lowest BCUT2D eigenvalue weighted by atomic mass is 10.0. The Morgan fingerprint density at radius 2 is 1.66 bits per heavy atom. The standard InChI is InChI=1S/C16H15BrN4O8/c17-16(21(26)27)7-5-12(6-8-16)10-29-15(23)19-18-14(22)28-9-11-1-3-13(4-2-11)20(24)25/h1-7H,8-10H2,(H,18,22)(H,19,23). The fourth-order valence-electron chi connectivity index (χ4n) is 2.07. The Hall–Kier alpha value is -3.48. The highest BCUT2D eigenvalue weighted by molar-refractivity contribution is 9.10. The number of alkyl halides is 1. The van der Waals surface area contributed by atoms with Gasteiger partial charge in [-0.05, 0) is 23.3 Å². The third-order valence-electron chi connectivity index (χ3n) is 3.66. The minimum atomic E-state index is -1.37. The Bertz CT molecular complexity index is 870. The van der Waals surface area contributed by atoms with Crippen molar-refractivity contribution < 1.29 is 28.9 Å². The molecule has 0 radical (unpaired) electrons. The van der Waals surface area contributed by atoms with Gasteiger partial charge in [-0.1, -0.05) is 12.2 Å². The Morgan fingerprint density at radius 3 is 2.14 bits per heavy atom. The van der Waals surface area contributed by atoms with Gasteiger partial charge in [0.1, 0.15) is 13.2 Å². The normalized spacial score (nSPS) is 17.6. The van der Waals surface area contributed by atoms with E-state index in [0.717, 1.165) is 0 Å². The zero-order chi connectivity index (χ0) is 21.4. The van der Waals surface area contributed by atoms with E-state index in [-0.39, 0.29) is 25.3 Å². The fraction of sp³-hybridized carbons (Fsp3) is 0.250. The fourth-order valence-corrected chi connectivity index (χ4v) is 2.37. The Kier molecular flexibility index (Phi) is 7.25. The lowest BCUT2D eigenvalue weighted by molar-refractivity contribution is -0.521. The SMILES string of the molecule is O=C(NNC(=O)OCc1ccc([N+](=O)[O-])cc1)OCC1=CCC(Br)([N+](=O)[O-])C=C1. The van der Waals surface area contributed by atoms with Crippen molar-refractivity contribution in [2.75, 3.05) is 6.61 Å². The lowest BCUT2D eigenvalue weighted by Crippen LogP contribution is -2.42. The quantitative estimate of drug-likeness (QED) is 0.277. The van der Waals surface area contributed by atoms with Crippen LogP contribution in [0, 0.1) is 20.2 Å². The third kappa shape index (κ3) is 6.57. The molecule has 0 saturated heterocycles. The molecule has 2 rings (SSSR count). The second kappa shape index (κ2) is 9.64. The number of carbonyl (C=O) groups is 2. The summed E-state index contributed by atoms with van der Waals surface area (Å²) in [5, 5.41) is 21.4. The molecular formula is C16H15BrN4O8. The molecule has 2 N–H and O–H groups in total. The number of hydrogen-bond donors (Lipinski definition) is 2. The molecule has 0 heterocycles. The first-order chi connectivity index (χ1) is 13.7. The summed E-state index contributed by atoms with van der Waals surface area (Å²) < 4.78 is 8.34. The van der Waals surface area contributed by atoms with E-state index in [9.17, 15) is 29.8 Å². The van der Waals surface area contributed by atoms with Crippen molar-refractivity contribution in [1.29, 1.82) is 0 Å². The molecule has 2 amide bonds. The highest BCUT2D eigenvalue weighted by Crippen LogP contribution is 2.30. The maximum Gasteiger partial charge on any atom is 0.426 e. The zero-order valence-electron chi connectivity index (χ0n) is 14.7. The average Bonchev–Trinajstić information content (AvgIpc) is 2.70. The van der Waals surface area contributed by atoms with E-state index in [1.807, 2.05) is 10.9 Å². The Balaban J connectivity index is 1.67. The average molecular weight is 471 g/mol. The molecule has 1 atom stereocenters. The number of halogens is 1. The Morgan fingerprint density at radius 1 is 1.07 bits per heavy atom. The number of hydrogen-bond acceptors (Lipinski definition) is 8. The van der Waals surface area contributed by atoms with E-state index in [1.165, 1.54) is 36.4 Å². The molecule has 1 aliphatic rings. The summed E-state index contributed by atoms with van der Waals surface area (Å²) in [4.78, 5) is 43.5. The van der Waals surface area contributed by atoms with E-state index in [2.05, 4.69) is 15.9 Å². The van der Waals surface area contributed by atoms with Crippen LogP contribution >= 0.6 is 15.9 Å². The highest BCUT2D eigenvalue weighted by Gasteiger charge is 2.37. The van der Waals surface area contributed by atoms with Crippen molar-refractivity contribution in [1.82, 2.24) is 10.9 Å². The third-order valence-corrected chi connectivity index (χ3v) is 4.54. The van der Waals surface area contributed by atoms with Crippen molar-refractivity contribution in [2.45, 2.75) is 17.5 Å². The maximum absolute atomic E-state index is 11.6. The summed E-state index contributed by atoms with van der Waals surface area (Å²) in [5.41, 5.74) is 4.92. The summed E-state index contributed by atoms with van der Waals surface area (Å²) in [6.07, 6.45) is 2.52. The molecule has 13 heteroatoms. The van der Waals surface area contributed by atoms with Gasteiger partial charge in [-0.25, -0.2) is 20.4 Å². The highest BCUT2D eigenvalue weighted by atomic mass is 79.9. The first kappa shape index (κ1) is 21.8. The van der Waals surface area contributed by atoms with Crippen LogP contribution in [0.4, 0.5) is 15.3 Å². The topological polar surface area (TPSA) is 163 Å². The predicted octanol–water partition coefficient (Wildman–Crippen LogP) is 2.72. The minimum absolute atomic E-state index is 0.0873. The second-order valence-corrected chi connectivity index (χ2v) is 7.09. The molecule has 0 aromatic heterocycles. The van der Waals surface area contributed by atoms with E-state index in [0.29, 0.717) is 11.1 Å². The number of nitro groups is 2. The van der Waals surface area contributed by atoms with Crippen LogP contribution in [-0.4, -0.2) is 33.1 Å². The first-order valence-corrected chi connectivity index (χ1v) is 8.79. The lowest BCUT2D eigenvalue weighted by Gasteiger charge is -2.17. The number of nitrogens with one attached hydrogen (secondary N) is 2. The van der Waals surface area contributed by atoms with Crippen molar-refractivity contribution in [3.63, 3.8) is 0 Å². The number of amides is 2. The van der Waals surface area contributed by atoms with Crippen molar-refractivity contribution >= 4 is 33.8 Å². The molecule has 0 saturated carbocycles. The molecule has 0 aliphatic heterocycles. The van der Waals surface area contributed by atoms with Crippen LogP contribution in [-0.2, 0) is 16.1 Å². The van der Waals surface area contributed by atoms with Crippen molar-refractivity contribution in [3.05, 3.63) is 73.9 Å². The molecule has 154 valence electrons. The largest absolute Gasteiger partial charge is 0.443 e. The number of hydrazine groups is 1. The van der Waals surface area contributed by atoms with Gasteiger partial charge in [0.25, 0.3) is 10.1 Å².